The number of hydrogen-bond acceptors (Lipinski definition) is 3. The molecule has 0 amide bonds. The van der Waals surface area contributed by atoms with Crippen LogP contribution in [0.2, 0.25) is 0 Å². The van der Waals surface area contributed by atoms with Crippen LogP contribution in [0, 0.1) is 22.7 Å². The van der Waals surface area contributed by atoms with E-state index in [-0.39, 0.29) is 0 Å². The van der Waals surface area contributed by atoms with Gasteiger partial charge in [0, 0.05) is 17.1 Å². The highest BCUT2D eigenvalue weighted by molar-refractivity contribution is 5.90. The number of benzene rings is 4. The molecule has 0 N–H and O–H groups in total. The predicted octanol–water partition coefficient (Wildman–Crippen LogP) is 7.29. The van der Waals surface area contributed by atoms with Crippen LogP contribution in [-0.2, 0) is 6.42 Å². The Labute approximate surface area is 188 Å². The van der Waals surface area contributed by atoms with E-state index in [9.17, 15) is 5.26 Å². The Hall–Kier alpha value is -4.60. The van der Waals surface area contributed by atoms with E-state index in [1.54, 1.807) is 0 Å². The zero-order chi connectivity index (χ0) is 22.2. The fraction of sp³-hybridized carbons (Fsp3) is 0.0345. The van der Waals surface area contributed by atoms with Crippen molar-refractivity contribution in [2.45, 2.75) is 6.42 Å². The largest absolute Gasteiger partial charge is 0.311 e. The Bertz CT molecular complexity index is 1240. The van der Waals surface area contributed by atoms with Crippen LogP contribution in [-0.4, -0.2) is 0 Å². The maximum atomic E-state index is 9.67. The van der Waals surface area contributed by atoms with Gasteiger partial charge in [0.25, 0.3) is 0 Å². The normalized spacial score (nSPS) is 10.8. The molecule has 0 unspecified atom stereocenters. The minimum atomic E-state index is 0.368. The number of nitrogens with zero attached hydrogens (tertiary/aromatic N) is 3. The van der Waals surface area contributed by atoms with Gasteiger partial charge >= 0.3 is 0 Å². The van der Waals surface area contributed by atoms with Crippen LogP contribution in [0.3, 0.4) is 0 Å². The second kappa shape index (κ2) is 9.94. The average molecular weight is 412 g/mol. The maximum Gasteiger partial charge on any atom is 0.0998 e. The van der Waals surface area contributed by atoms with Gasteiger partial charge in [0.2, 0.25) is 0 Å². The van der Waals surface area contributed by atoms with Crippen molar-refractivity contribution in [1.82, 2.24) is 0 Å². The van der Waals surface area contributed by atoms with Gasteiger partial charge in [-0.3, -0.25) is 0 Å². The van der Waals surface area contributed by atoms with Gasteiger partial charge in [-0.05, 0) is 59.2 Å². The Morgan fingerprint density at radius 2 is 1.19 bits per heavy atom. The fourth-order valence-electron chi connectivity index (χ4n) is 3.56. The van der Waals surface area contributed by atoms with Crippen molar-refractivity contribution in [3.8, 4) is 12.1 Å². The van der Waals surface area contributed by atoms with Crippen molar-refractivity contribution >= 4 is 28.7 Å². The molecular formula is C29H21N3. The lowest BCUT2D eigenvalue weighted by Crippen LogP contribution is -2.09. The van der Waals surface area contributed by atoms with Gasteiger partial charge in [-0.1, -0.05) is 72.8 Å². The summed E-state index contributed by atoms with van der Waals surface area (Å²) in [7, 11) is 0. The Kier molecular flexibility index (Phi) is 6.42. The van der Waals surface area contributed by atoms with Crippen LogP contribution in [0.1, 0.15) is 16.7 Å². The van der Waals surface area contributed by atoms with Crippen LogP contribution in [0.15, 0.2) is 109 Å². The third-order valence-corrected chi connectivity index (χ3v) is 5.16. The van der Waals surface area contributed by atoms with E-state index in [2.05, 4.69) is 53.4 Å². The summed E-state index contributed by atoms with van der Waals surface area (Å²) in [5.41, 5.74) is 6.53. The van der Waals surface area contributed by atoms with E-state index in [1.807, 2.05) is 78.9 Å². The first-order valence-electron chi connectivity index (χ1n) is 10.4. The van der Waals surface area contributed by atoms with Crippen LogP contribution in [0.5, 0.6) is 0 Å². The second-order valence-electron chi connectivity index (χ2n) is 7.30. The molecule has 4 aromatic carbocycles. The lowest BCUT2D eigenvalue weighted by molar-refractivity contribution is 1.26. The third kappa shape index (κ3) is 4.75. The first-order valence-corrected chi connectivity index (χ1v) is 10.4. The van der Waals surface area contributed by atoms with Crippen LogP contribution in [0.4, 0.5) is 17.1 Å². The summed E-state index contributed by atoms with van der Waals surface area (Å²) >= 11 is 0. The monoisotopic (exact) mass is 411 g/mol. The van der Waals surface area contributed by atoms with E-state index in [0.717, 1.165) is 33.8 Å². The molecule has 0 aliphatic carbocycles. The van der Waals surface area contributed by atoms with Crippen molar-refractivity contribution < 1.29 is 0 Å². The molecule has 0 fully saturated rings. The number of rotatable bonds is 6. The van der Waals surface area contributed by atoms with Crippen molar-refractivity contribution in [3.05, 3.63) is 126 Å². The van der Waals surface area contributed by atoms with E-state index >= 15 is 0 Å². The Balaban J connectivity index is 1.65. The lowest BCUT2D eigenvalue weighted by atomic mass is 10.0. The van der Waals surface area contributed by atoms with E-state index < -0.39 is 0 Å². The topological polar surface area (TPSA) is 50.8 Å². The number of hydrogen-bond donors (Lipinski definition) is 0. The van der Waals surface area contributed by atoms with Crippen molar-refractivity contribution in [2.24, 2.45) is 0 Å². The Morgan fingerprint density at radius 1 is 0.656 bits per heavy atom. The predicted molar refractivity (Wildman–Crippen MR) is 130 cm³/mol. The molecule has 32 heavy (non-hydrogen) atoms. The van der Waals surface area contributed by atoms with Crippen LogP contribution in [0.25, 0.3) is 11.6 Å². The molecule has 0 heterocycles. The molecule has 0 saturated carbocycles. The van der Waals surface area contributed by atoms with Crippen molar-refractivity contribution in [1.29, 1.82) is 10.5 Å². The zero-order valence-electron chi connectivity index (χ0n) is 17.5. The molecule has 0 spiro atoms. The molecule has 0 saturated heterocycles. The van der Waals surface area contributed by atoms with Gasteiger partial charge in [0.1, 0.15) is 0 Å². The first-order chi connectivity index (χ1) is 15.8. The van der Waals surface area contributed by atoms with E-state index in [1.165, 1.54) is 0 Å². The van der Waals surface area contributed by atoms with Gasteiger partial charge in [-0.15, -0.1) is 0 Å². The lowest BCUT2D eigenvalue weighted by Gasteiger charge is -2.25. The van der Waals surface area contributed by atoms with Gasteiger partial charge in [-0.2, -0.15) is 10.5 Å². The summed E-state index contributed by atoms with van der Waals surface area (Å²) in [6.07, 6.45) is 2.26. The molecule has 4 rings (SSSR count). The van der Waals surface area contributed by atoms with Crippen molar-refractivity contribution in [3.63, 3.8) is 0 Å². The molecule has 0 atom stereocenters. The van der Waals surface area contributed by atoms with E-state index in [4.69, 9.17) is 5.26 Å². The van der Waals surface area contributed by atoms with Crippen LogP contribution >= 0.6 is 0 Å². The summed E-state index contributed by atoms with van der Waals surface area (Å²) in [6.45, 7) is 0. The van der Waals surface area contributed by atoms with Gasteiger partial charge < -0.3 is 4.90 Å². The Morgan fingerprint density at radius 3 is 1.69 bits per heavy atom. The summed E-state index contributed by atoms with van der Waals surface area (Å²) in [5.74, 6) is 0. The van der Waals surface area contributed by atoms with Gasteiger partial charge in [0.15, 0.2) is 0 Å². The molecule has 0 aliphatic heterocycles. The van der Waals surface area contributed by atoms with Crippen molar-refractivity contribution in [2.75, 3.05) is 4.90 Å². The summed E-state index contributed by atoms with van der Waals surface area (Å²) < 4.78 is 0. The standard InChI is InChI=1S/C29H21N3/c30-20-19-23-11-15-25(16-12-23)26(22-31)21-24-13-17-29(18-14-24)32(27-7-3-1-4-8-27)28-9-5-2-6-10-28/h1-18,21H,19H2. The summed E-state index contributed by atoms with van der Waals surface area (Å²) in [6, 6.07) is 40.7. The van der Waals surface area contributed by atoms with Gasteiger partial charge in [-0.25, -0.2) is 0 Å². The molecule has 0 bridgehead atoms. The average Bonchev–Trinajstić information content (AvgIpc) is 2.86. The highest BCUT2D eigenvalue weighted by atomic mass is 15.1. The highest BCUT2D eigenvalue weighted by Gasteiger charge is 2.11. The second-order valence-corrected chi connectivity index (χ2v) is 7.30. The maximum absolute atomic E-state index is 9.67. The smallest absolute Gasteiger partial charge is 0.0998 e. The zero-order valence-corrected chi connectivity index (χ0v) is 17.5. The van der Waals surface area contributed by atoms with Crippen LogP contribution < -0.4 is 4.90 Å². The quantitative estimate of drug-likeness (QED) is 0.247. The first kappa shape index (κ1) is 20.7. The molecule has 0 aliphatic rings. The SMILES string of the molecule is N#CCc1ccc(C(C#N)=Cc2ccc(N(c3ccccc3)c3ccccc3)cc2)cc1. The fourth-order valence-corrected chi connectivity index (χ4v) is 3.56. The highest BCUT2D eigenvalue weighted by Crippen LogP contribution is 2.34. The number of anilines is 3. The molecular weight excluding hydrogens is 390 g/mol. The molecule has 3 heteroatoms. The minimum absolute atomic E-state index is 0.368. The number of para-hydroxylation sites is 2. The summed E-state index contributed by atoms with van der Waals surface area (Å²) in [4.78, 5) is 2.20. The molecule has 0 aromatic heterocycles. The molecule has 4 aromatic rings. The minimum Gasteiger partial charge on any atom is -0.311 e. The number of nitriles is 2. The van der Waals surface area contributed by atoms with Gasteiger partial charge in [0.05, 0.1) is 24.1 Å². The summed E-state index contributed by atoms with van der Waals surface area (Å²) in [5, 5.41) is 18.5. The molecule has 152 valence electrons. The number of allylic oxidation sites excluding steroid dienone is 1. The molecule has 3 nitrogen and oxygen atoms in total. The third-order valence-electron chi connectivity index (χ3n) is 5.16. The molecule has 0 radical (unpaired) electrons. The van der Waals surface area contributed by atoms with E-state index in [0.29, 0.717) is 12.0 Å².